The van der Waals surface area contributed by atoms with Crippen LogP contribution in [0.5, 0.6) is 11.5 Å². The second-order valence-corrected chi connectivity index (χ2v) is 2.84. The van der Waals surface area contributed by atoms with E-state index in [0.29, 0.717) is 0 Å². The predicted molar refractivity (Wildman–Crippen MR) is 42.4 cm³/mol. The molecule has 0 radical (unpaired) electrons. The van der Waals surface area contributed by atoms with Crippen LogP contribution in [-0.2, 0) is 0 Å². The molecule has 66 valence electrons. The average molecular weight is 239 g/mol. The van der Waals surface area contributed by atoms with Gasteiger partial charge in [-0.15, -0.1) is 0 Å². The molecule has 0 aliphatic carbocycles. The van der Waals surface area contributed by atoms with E-state index in [-0.39, 0.29) is 10.2 Å². The number of phenolic OH excluding ortho intramolecular Hbond substituents is 1. The highest BCUT2D eigenvalue weighted by molar-refractivity contribution is 9.10. The fraction of sp³-hybridized carbons (Fsp3) is 0.143. The summed E-state index contributed by atoms with van der Waals surface area (Å²) in [7, 11) is 0. The lowest BCUT2D eigenvalue weighted by Gasteiger charge is -2.05. The molecule has 0 saturated heterocycles. The van der Waals surface area contributed by atoms with E-state index in [0.717, 1.165) is 12.1 Å². The Labute approximate surface area is 75.9 Å². The second-order valence-electron chi connectivity index (χ2n) is 1.99. The number of hydrogen-bond donors (Lipinski definition) is 1. The van der Waals surface area contributed by atoms with Crippen LogP contribution in [-0.4, -0.2) is 12.0 Å². The monoisotopic (exact) mass is 238 g/mol. The maximum atomic E-state index is 12.5. The first-order chi connectivity index (χ1) is 5.65. The highest BCUT2D eigenvalue weighted by atomic mass is 79.9. The Kier molecular flexibility index (Phi) is 2.86. The van der Waals surface area contributed by atoms with Gasteiger partial charge in [-0.1, -0.05) is 0 Å². The molecule has 0 spiro atoms. The highest BCUT2D eigenvalue weighted by Crippen LogP contribution is 2.35. The highest BCUT2D eigenvalue weighted by Gasteiger charge is 2.09. The first-order valence-corrected chi connectivity index (χ1v) is 3.81. The van der Waals surface area contributed by atoms with Crippen molar-refractivity contribution >= 4 is 15.9 Å². The van der Waals surface area contributed by atoms with E-state index in [9.17, 15) is 8.78 Å². The topological polar surface area (TPSA) is 29.5 Å². The Morgan fingerprint density at radius 3 is 2.67 bits per heavy atom. The summed E-state index contributed by atoms with van der Waals surface area (Å²) in [6, 6.07) is 1.92. The summed E-state index contributed by atoms with van der Waals surface area (Å²) in [5.41, 5.74) is 0. The van der Waals surface area contributed by atoms with Gasteiger partial charge in [0, 0.05) is 6.07 Å². The Bertz CT molecular complexity index is 268. The van der Waals surface area contributed by atoms with Gasteiger partial charge in [0.05, 0.1) is 4.47 Å². The SMILES string of the molecule is Oc1cc(F)cc(Br)c1OCF. The minimum absolute atomic E-state index is 0.0982. The van der Waals surface area contributed by atoms with Crippen LogP contribution in [0.2, 0.25) is 0 Å². The Balaban J connectivity index is 3.10. The van der Waals surface area contributed by atoms with Crippen molar-refractivity contribution in [2.24, 2.45) is 0 Å². The van der Waals surface area contributed by atoms with Crippen LogP contribution in [0.15, 0.2) is 16.6 Å². The van der Waals surface area contributed by atoms with Crippen molar-refractivity contribution in [1.82, 2.24) is 0 Å². The minimum Gasteiger partial charge on any atom is -0.504 e. The Morgan fingerprint density at radius 2 is 2.17 bits per heavy atom. The number of hydrogen-bond acceptors (Lipinski definition) is 2. The van der Waals surface area contributed by atoms with Crippen LogP contribution in [0.25, 0.3) is 0 Å². The zero-order valence-corrected chi connectivity index (χ0v) is 7.44. The van der Waals surface area contributed by atoms with Gasteiger partial charge in [-0.05, 0) is 22.0 Å². The fourth-order valence-electron chi connectivity index (χ4n) is 0.744. The van der Waals surface area contributed by atoms with Gasteiger partial charge in [0.1, 0.15) is 5.82 Å². The van der Waals surface area contributed by atoms with E-state index in [4.69, 9.17) is 5.11 Å². The third-order valence-corrected chi connectivity index (χ3v) is 1.78. The van der Waals surface area contributed by atoms with E-state index >= 15 is 0 Å². The van der Waals surface area contributed by atoms with E-state index < -0.39 is 18.4 Å². The van der Waals surface area contributed by atoms with E-state index in [1.54, 1.807) is 0 Å². The van der Waals surface area contributed by atoms with Gasteiger partial charge in [-0.3, -0.25) is 0 Å². The number of phenols is 1. The molecule has 0 atom stereocenters. The van der Waals surface area contributed by atoms with Crippen molar-refractivity contribution < 1.29 is 18.6 Å². The van der Waals surface area contributed by atoms with Crippen LogP contribution in [0.1, 0.15) is 0 Å². The predicted octanol–water partition coefficient (Wildman–Crippen LogP) is 2.60. The fourth-order valence-corrected chi connectivity index (χ4v) is 1.28. The smallest absolute Gasteiger partial charge is 0.228 e. The van der Waals surface area contributed by atoms with Crippen LogP contribution in [0.3, 0.4) is 0 Å². The standard InChI is InChI=1S/C7H5BrF2O2/c8-5-1-4(10)2-6(11)7(5)12-3-9/h1-2,11H,3H2. The lowest BCUT2D eigenvalue weighted by Crippen LogP contribution is -1.92. The van der Waals surface area contributed by atoms with Gasteiger partial charge in [0.15, 0.2) is 11.5 Å². The molecule has 0 saturated carbocycles. The van der Waals surface area contributed by atoms with Crippen molar-refractivity contribution in [2.45, 2.75) is 0 Å². The summed E-state index contributed by atoms with van der Waals surface area (Å²) in [6.45, 7) is -1.07. The van der Waals surface area contributed by atoms with Gasteiger partial charge >= 0.3 is 0 Å². The third-order valence-electron chi connectivity index (χ3n) is 1.19. The molecule has 0 aliphatic heterocycles. The number of halogens is 3. The molecule has 0 heterocycles. The molecule has 1 N–H and O–H groups in total. The molecule has 1 aromatic rings. The van der Waals surface area contributed by atoms with Crippen molar-refractivity contribution in [3.05, 3.63) is 22.4 Å². The number of aromatic hydroxyl groups is 1. The number of benzene rings is 1. The van der Waals surface area contributed by atoms with E-state index in [2.05, 4.69) is 20.7 Å². The normalized spacial score (nSPS) is 9.92. The number of ether oxygens (including phenoxy) is 1. The Morgan fingerprint density at radius 1 is 1.50 bits per heavy atom. The molecular weight excluding hydrogens is 234 g/mol. The molecule has 0 bridgehead atoms. The molecule has 0 amide bonds. The van der Waals surface area contributed by atoms with Gasteiger partial charge in [-0.25, -0.2) is 8.78 Å². The molecule has 2 nitrogen and oxygen atoms in total. The summed E-state index contributed by atoms with van der Waals surface area (Å²) in [5.74, 6) is -1.15. The maximum absolute atomic E-state index is 12.5. The zero-order chi connectivity index (χ0) is 9.14. The first-order valence-electron chi connectivity index (χ1n) is 3.02. The van der Waals surface area contributed by atoms with Crippen molar-refractivity contribution in [1.29, 1.82) is 0 Å². The summed E-state index contributed by atoms with van der Waals surface area (Å²) >= 11 is 2.91. The van der Waals surface area contributed by atoms with Gasteiger partial charge in [0.25, 0.3) is 0 Å². The van der Waals surface area contributed by atoms with Gasteiger partial charge < -0.3 is 9.84 Å². The lowest BCUT2D eigenvalue weighted by atomic mass is 10.3. The molecule has 0 unspecified atom stereocenters. The van der Waals surface area contributed by atoms with Crippen LogP contribution in [0, 0.1) is 5.82 Å². The van der Waals surface area contributed by atoms with Crippen LogP contribution in [0.4, 0.5) is 8.78 Å². The van der Waals surface area contributed by atoms with Crippen molar-refractivity contribution in [3.63, 3.8) is 0 Å². The Hall–Kier alpha value is -0.840. The molecule has 0 fully saturated rings. The minimum atomic E-state index is -1.07. The van der Waals surface area contributed by atoms with Gasteiger partial charge in [-0.2, -0.15) is 0 Å². The average Bonchev–Trinajstić information content (AvgIpc) is 1.96. The molecule has 0 aliphatic rings. The van der Waals surface area contributed by atoms with E-state index in [1.807, 2.05) is 0 Å². The van der Waals surface area contributed by atoms with Crippen molar-refractivity contribution in [2.75, 3.05) is 6.86 Å². The first kappa shape index (κ1) is 9.25. The van der Waals surface area contributed by atoms with E-state index in [1.165, 1.54) is 0 Å². The summed E-state index contributed by atoms with van der Waals surface area (Å²) in [4.78, 5) is 0. The van der Waals surface area contributed by atoms with Crippen molar-refractivity contribution in [3.8, 4) is 11.5 Å². The summed E-state index contributed by atoms with van der Waals surface area (Å²) in [6.07, 6.45) is 0. The maximum Gasteiger partial charge on any atom is 0.228 e. The number of alkyl halides is 1. The quantitative estimate of drug-likeness (QED) is 0.859. The molecule has 0 aromatic heterocycles. The molecule has 12 heavy (non-hydrogen) atoms. The lowest BCUT2D eigenvalue weighted by molar-refractivity contribution is 0.184. The molecular formula is C7H5BrF2O2. The molecule has 1 rings (SSSR count). The zero-order valence-electron chi connectivity index (χ0n) is 5.85. The molecule has 5 heteroatoms. The van der Waals surface area contributed by atoms with Crippen LogP contribution >= 0.6 is 15.9 Å². The second kappa shape index (κ2) is 3.71. The summed E-state index contributed by atoms with van der Waals surface area (Å²) in [5, 5.41) is 9.04. The van der Waals surface area contributed by atoms with Crippen LogP contribution < -0.4 is 4.74 Å². The summed E-state index contributed by atoms with van der Waals surface area (Å²) < 4.78 is 28.8. The number of rotatable bonds is 2. The molecule has 1 aromatic carbocycles. The largest absolute Gasteiger partial charge is 0.504 e. The third kappa shape index (κ3) is 1.85. The van der Waals surface area contributed by atoms with Gasteiger partial charge in [0.2, 0.25) is 6.86 Å².